The van der Waals surface area contributed by atoms with E-state index in [4.69, 9.17) is 17.3 Å². The lowest BCUT2D eigenvalue weighted by Crippen LogP contribution is -2.37. The van der Waals surface area contributed by atoms with Crippen LogP contribution >= 0.6 is 11.6 Å². The zero-order valence-corrected chi connectivity index (χ0v) is 20.6. The van der Waals surface area contributed by atoms with Gasteiger partial charge in [-0.05, 0) is 49.2 Å². The number of aliphatic hydroxyl groups is 1. The molecule has 1 unspecified atom stereocenters. The zero-order chi connectivity index (χ0) is 26.9. The molecular weight excluding hydrogens is 513 g/mol. The van der Waals surface area contributed by atoms with Gasteiger partial charge in [-0.1, -0.05) is 18.5 Å². The molecule has 0 spiro atoms. The highest BCUT2D eigenvalue weighted by Crippen LogP contribution is 2.24. The summed E-state index contributed by atoms with van der Waals surface area (Å²) in [6, 6.07) is 7.39. The number of aryl methyl sites for hydroxylation is 1. The van der Waals surface area contributed by atoms with E-state index in [1.54, 1.807) is 24.0 Å². The molecule has 0 saturated heterocycles. The molecule has 3 aromatic heterocycles. The van der Waals surface area contributed by atoms with Crippen molar-refractivity contribution in [1.82, 2.24) is 34.1 Å². The highest BCUT2D eigenvalue weighted by atomic mass is 35.5. The number of alkyl halides is 3. The molecule has 0 aliphatic heterocycles. The van der Waals surface area contributed by atoms with Crippen LogP contribution in [0.2, 0.25) is 5.02 Å². The predicted molar refractivity (Wildman–Crippen MR) is 129 cm³/mol. The third-order valence-corrected chi connectivity index (χ3v) is 5.88. The van der Waals surface area contributed by atoms with Gasteiger partial charge in [0.1, 0.15) is 12.4 Å². The van der Waals surface area contributed by atoms with Crippen molar-refractivity contribution in [3.05, 3.63) is 75.4 Å². The van der Waals surface area contributed by atoms with Gasteiger partial charge in [-0.3, -0.25) is 9.55 Å². The smallest absolute Gasteiger partial charge is 0.382 e. The van der Waals surface area contributed by atoms with Crippen LogP contribution in [0, 0.1) is 0 Å². The molecule has 14 heteroatoms. The van der Waals surface area contributed by atoms with Crippen molar-refractivity contribution >= 4 is 11.6 Å². The van der Waals surface area contributed by atoms with Gasteiger partial charge in [0.25, 0.3) is 0 Å². The first-order valence-corrected chi connectivity index (χ1v) is 11.7. The number of aromatic nitrogens is 7. The number of nitrogens with zero attached hydrogens (tertiary/aromatic N) is 7. The van der Waals surface area contributed by atoms with Crippen molar-refractivity contribution in [1.29, 1.82) is 0 Å². The number of benzene rings is 1. The molecule has 3 N–H and O–H groups in total. The summed E-state index contributed by atoms with van der Waals surface area (Å²) in [7, 11) is 0. The van der Waals surface area contributed by atoms with Gasteiger partial charge >= 0.3 is 11.9 Å². The summed E-state index contributed by atoms with van der Waals surface area (Å²) < 4.78 is 42.6. The number of aliphatic hydroxyl groups excluding tert-OH is 1. The molecular formula is C23H24ClF3N8O2. The van der Waals surface area contributed by atoms with Gasteiger partial charge in [0.2, 0.25) is 0 Å². The van der Waals surface area contributed by atoms with E-state index in [0.29, 0.717) is 28.5 Å². The third-order valence-electron chi connectivity index (χ3n) is 5.63. The van der Waals surface area contributed by atoms with Crippen molar-refractivity contribution in [2.75, 3.05) is 0 Å². The van der Waals surface area contributed by atoms with Gasteiger partial charge in [0, 0.05) is 16.8 Å². The molecule has 1 aromatic carbocycles. The number of rotatable bonds is 8. The molecule has 4 aromatic rings. The SMILES string of the molecule is CCc1ccncc1-n1nc(Cn2nc(-c3ccc(Cl)cc3)n(C[C@H](O)C(F)(F)F)c2=O)nc1C(C)N. The summed E-state index contributed by atoms with van der Waals surface area (Å²) in [4.78, 5) is 21.8. The maximum Gasteiger partial charge on any atom is 0.416 e. The standard InChI is InChI=1S/C23H24ClF3N8O2/c1-3-14-8-9-29-10-17(14)35-20(13(2)28)30-19(31-35)12-34-22(37)33(11-18(36)23(25,26)27)21(32-34)15-4-6-16(24)7-5-15/h4-10,13,18,36H,3,11-12,28H2,1-2H3/t13?,18-/m0/s1. The van der Waals surface area contributed by atoms with Crippen LogP contribution in [0.3, 0.4) is 0 Å². The van der Waals surface area contributed by atoms with E-state index >= 15 is 0 Å². The Labute approximate surface area is 214 Å². The zero-order valence-electron chi connectivity index (χ0n) is 19.9. The third kappa shape index (κ3) is 5.58. The average Bonchev–Trinajstić information content (AvgIpc) is 3.41. The van der Waals surface area contributed by atoms with Gasteiger partial charge in [-0.25, -0.2) is 19.1 Å². The van der Waals surface area contributed by atoms with Crippen molar-refractivity contribution in [3.63, 3.8) is 0 Å². The number of pyridine rings is 1. The molecule has 37 heavy (non-hydrogen) atoms. The largest absolute Gasteiger partial charge is 0.416 e. The Hall–Kier alpha value is -3.55. The summed E-state index contributed by atoms with van der Waals surface area (Å²) >= 11 is 5.93. The predicted octanol–water partition coefficient (Wildman–Crippen LogP) is 2.89. The van der Waals surface area contributed by atoms with Crippen LogP contribution in [0.1, 0.15) is 37.1 Å². The Morgan fingerprint density at radius 3 is 2.49 bits per heavy atom. The van der Waals surface area contributed by atoms with Gasteiger partial charge in [-0.2, -0.15) is 13.2 Å². The minimum atomic E-state index is -4.92. The molecule has 0 radical (unpaired) electrons. The van der Waals surface area contributed by atoms with Gasteiger partial charge in [0.15, 0.2) is 17.8 Å². The molecule has 0 aliphatic rings. The number of halogens is 4. The lowest BCUT2D eigenvalue weighted by molar-refractivity contribution is -0.207. The topological polar surface area (TPSA) is 130 Å². The van der Waals surface area contributed by atoms with Crippen LogP contribution in [0.25, 0.3) is 17.1 Å². The van der Waals surface area contributed by atoms with E-state index in [2.05, 4.69) is 20.2 Å². The van der Waals surface area contributed by atoms with Crippen LogP contribution in [-0.2, 0) is 19.5 Å². The Morgan fingerprint density at radius 1 is 1.16 bits per heavy atom. The first kappa shape index (κ1) is 26.5. The fraction of sp³-hybridized carbons (Fsp3) is 0.348. The normalized spacial score (nSPS) is 13.6. The van der Waals surface area contributed by atoms with E-state index in [0.717, 1.165) is 14.8 Å². The molecule has 3 heterocycles. The second-order valence-corrected chi connectivity index (χ2v) is 8.82. The number of hydrogen-bond acceptors (Lipinski definition) is 7. The summed E-state index contributed by atoms with van der Waals surface area (Å²) in [6.07, 6.45) is -3.71. The maximum atomic E-state index is 13.2. The first-order chi connectivity index (χ1) is 17.5. The van der Waals surface area contributed by atoms with Crippen LogP contribution in [0.4, 0.5) is 13.2 Å². The fourth-order valence-electron chi connectivity index (χ4n) is 3.74. The maximum absolute atomic E-state index is 13.2. The minimum Gasteiger partial charge on any atom is -0.382 e. The molecule has 196 valence electrons. The monoisotopic (exact) mass is 536 g/mol. The van der Waals surface area contributed by atoms with Crippen LogP contribution in [-0.4, -0.2) is 51.5 Å². The van der Waals surface area contributed by atoms with E-state index in [1.165, 1.54) is 24.3 Å². The molecule has 0 amide bonds. The molecule has 4 rings (SSSR count). The summed E-state index contributed by atoms with van der Waals surface area (Å²) in [5, 5.41) is 18.8. The second-order valence-electron chi connectivity index (χ2n) is 8.38. The van der Waals surface area contributed by atoms with Gasteiger partial charge < -0.3 is 10.8 Å². The minimum absolute atomic E-state index is 0.0719. The van der Waals surface area contributed by atoms with Crippen LogP contribution < -0.4 is 11.4 Å². The number of nitrogens with two attached hydrogens (primary N) is 1. The van der Waals surface area contributed by atoms with Gasteiger partial charge in [0.05, 0.1) is 24.5 Å². The van der Waals surface area contributed by atoms with Crippen molar-refractivity contribution < 1.29 is 18.3 Å². The van der Waals surface area contributed by atoms with E-state index in [1.807, 2.05) is 13.0 Å². The lowest BCUT2D eigenvalue weighted by Gasteiger charge is -2.15. The van der Waals surface area contributed by atoms with Crippen LogP contribution in [0.5, 0.6) is 0 Å². The Balaban J connectivity index is 1.78. The van der Waals surface area contributed by atoms with Crippen molar-refractivity contribution in [2.45, 2.75) is 51.7 Å². The number of hydrogen-bond donors (Lipinski definition) is 2. The van der Waals surface area contributed by atoms with E-state index in [-0.39, 0.29) is 18.2 Å². The molecule has 10 nitrogen and oxygen atoms in total. The fourth-order valence-corrected chi connectivity index (χ4v) is 3.87. The molecule has 0 fully saturated rings. The van der Waals surface area contributed by atoms with E-state index < -0.39 is 30.6 Å². The quantitative estimate of drug-likeness (QED) is 0.354. The Bertz CT molecular complexity index is 1440. The summed E-state index contributed by atoms with van der Waals surface area (Å²) in [5.74, 6) is 0.511. The second kappa shape index (κ2) is 10.4. The average molecular weight is 537 g/mol. The molecule has 0 saturated carbocycles. The lowest BCUT2D eigenvalue weighted by atomic mass is 10.2. The highest BCUT2D eigenvalue weighted by Gasteiger charge is 2.39. The molecule has 0 bridgehead atoms. The van der Waals surface area contributed by atoms with Crippen LogP contribution in [0.15, 0.2) is 47.5 Å². The van der Waals surface area contributed by atoms with E-state index in [9.17, 15) is 23.1 Å². The van der Waals surface area contributed by atoms with Crippen molar-refractivity contribution in [3.8, 4) is 17.1 Å². The van der Waals surface area contributed by atoms with Crippen molar-refractivity contribution in [2.24, 2.45) is 5.73 Å². The first-order valence-electron chi connectivity index (χ1n) is 11.3. The summed E-state index contributed by atoms with van der Waals surface area (Å²) in [5.41, 5.74) is 7.20. The Kier molecular flexibility index (Phi) is 7.48. The van der Waals surface area contributed by atoms with Gasteiger partial charge in [-0.15, -0.1) is 10.2 Å². The Morgan fingerprint density at radius 2 is 1.86 bits per heavy atom. The summed E-state index contributed by atoms with van der Waals surface area (Å²) in [6.45, 7) is 2.41. The molecule has 2 atom stereocenters. The highest BCUT2D eigenvalue weighted by molar-refractivity contribution is 6.30. The molecule has 0 aliphatic carbocycles.